The van der Waals surface area contributed by atoms with Crippen LogP contribution in [0.2, 0.25) is 0 Å². The molecule has 1 aliphatic rings. The lowest BCUT2D eigenvalue weighted by Gasteiger charge is -2.18. The minimum atomic E-state index is -0.380. The van der Waals surface area contributed by atoms with E-state index >= 15 is 0 Å². The topological polar surface area (TPSA) is 88.2 Å². The van der Waals surface area contributed by atoms with Gasteiger partial charge in [0.2, 0.25) is 5.91 Å². The van der Waals surface area contributed by atoms with E-state index in [9.17, 15) is 14.4 Å². The zero-order valence-electron chi connectivity index (χ0n) is 17.5. The number of nitrogens with one attached hydrogen (secondary N) is 1. The molecule has 1 aliphatic heterocycles. The first-order valence-electron chi connectivity index (χ1n) is 9.55. The van der Waals surface area contributed by atoms with Crippen LogP contribution in [0.25, 0.3) is 0 Å². The van der Waals surface area contributed by atoms with Crippen LogP contribution in [-0.2, 0) is 4.79 Å². The lowest BCUT2D eigenvalue weighted by atomic mass is 10.1. The van der Waals surface area contributed by atoms with Gasteiger partial charge in [-0.3, -0.25) is 14.4 Å². The Labute approximate surface area is 175 Å². The fourth-order valence-electron chi connectivity index (χ4n) is 3.31. The van der Waals surface area contributed by atoms with E-state index in [0.29, 0.717) is 35.7 Å². The number of methoxy groups -OCH3 is 2. The number of ether oxygens (including phenoxy) is 2. The Morgan fingerprint density at radius 3 is 2.20 bits per heavy atom. The second-order valence-electron chi connectivity index (χ2n) is 7.10. The Kier molecular flexibility index (Phi) is 6.25. The molecule has 2 aromatic rings. The van der Waals surface area contributed by atoms with Crippen molar-refractivity contribution in [3.63, 3.8) is 0 Å². The highest BCUT2D eigenvalue weighted by Gasteiger charge is 2.23. The average molecular weight is 411 g/mol. The molecule has 0 aromatic heterocycles. The van der Waals surface area contributed by atoms with E-state index in [2.05, 4.69) is 5.32 Å². The Bertz CT molecular complexity index is 969. The van der Waals surface area contributed by atoms with Crippen LogP contribution >= 0.6 is 0 Å². The summed E-state index contributed by atoms with van der Waals surface area (Å²) in [6.45, 7) is 0.687. The van der Waals surface area contributed by atoms with Gasteiger partial charge in [0, 0.05) is 44.4 Å². The van der Waals surface area contributed by atoms with Gasteiger partial charge in [-0.2, -0.15) is 0 Å². The summed E-state index contributed by atoms with van der Waals surface area (Å²) in [5, 5.41) is 2.78. The Morgan fingerprint density at radius 1 is 1.03 bits per heavy atom. The first kappa shape index (κ1) is 21.2. The Balaban J connectivity index is 1.88. The summed E-state index contributed by atoms with van der Waals surface area (Å²) >= 11 is 0. The van der Waals surface area contributed by atoms with Crippen molar-refractivity contribution in [2.75, 3.05) is 45.1 Å². The van der Waals surface area contributed by atoms with Crippen LogP contribution in [0.15, 0.2) is 36.4 Å². The molecule has 0 saturated carbocycles. The maximum Gasteiger partial charge on any atom is 0.255 e. The van der Waals surface area contributed by atoms with Gasteiger partial charge < -0.3 is 24.6 Å². The van der Waals surface area contributed by atoms with E-state index in [-0.39, 0.29) is 23.3 Å². The molecule has 2 aromatic carbocycles. The van der Waals surface area contributed by atoms with Gasteiger partial charge >= 0.3 is 0 Å². The van der Waals surface area contributed by atoms with E-state index in [1.807, 2.05) is 0 Å². The molecule has 0 radical (unpaired) electrons. The third-order valence-corrected chi connectivity index (χ3v) is 4.92. The van der Waals surface area contributed by atoms with Crippen molar-refractivity contribution < 1.29 is 23.9 Å². The van der Waals surface area contributed by atoms with Crippen LogP contribution in [0.1, 0.15) is 33.6 Å². The van der Waals surface area contributed by atoms with Crippen LogP contribution in [0.3, 0.4) is 0 Å². The van der Waals surface area contributed by atoms with Crippen LogP contribution in [0.5, 0.6) is 11.5 Å². The smallest absolute Gasteiger partial charge is 0.255 e. The fraction of sp³-hybridized carbons (Fsp3) is 0.318. The summed E-state index contributed by atoms with van der Waals surface area (Å²) in [6, 6.07) is 9.91. The van der Waals surface area contributed by atoms with Crippen LogP contribution in [0.4, 0.5) is 11.4 Å². The van der Waals surface area contributed by atoms with Crippen molar-refractivity contribution in [3.8, 4) is 11.5 Å². The number of benzene rings is 2. The molecule has 0 unspecified atom stereocenters. The highest BCUT2D eigenvalue weighted by atomic mass is 16.5. The molecule has 1 heterocycles. The molecule has 0 bridgehead atoms. The molecular weight excluding hydrogens is 386 g/mol. The number of rotatable bonds is 6. The quantitative estimate of drug-likeness (QED) is 0.790. The number of hydrogen-bond donors (Lipinski definition) is 1. The maximum atomic E-state index is 12.8. The summed E-state index contributed by atoms with van der Waals surface area (Å²) in [6.07, 6.45) is 1.38. The molecule has 3 amide bonds. The zero-order valence-corrected chi connectivity index (χ0v) is 17.5. The van der Waals surface area contributed by atoms with Crippen LogP contribution in [0, 0.1) is 0 Å². The molecule has 0 atom stereocenters. The summed E-state index contributed by atoms with van der Waals surface area (Å²) < 4.78 is 10.6. The van der Waals surface area contributed by atoms with E-state index < -0.39 is 0 Å². The van der Waals surface area contributed by atoms with Gasteiger partial charge in [-0.25, -0.2) is 0 Å². The average Bonchev–Trinajstić information content (AvgIpc) is 3.18. The molecule has 30 heavy (non-hydrogen) atoms. The van der Waals surface area contributed by atoms with Crippen molar-refractivity contribution >= 4 is 29.1 Å². The molecule has 158 valence electrons. The van der Waals surface area contributed by atoms with Gasteiger partial charge in [-0.05, 0) is 36.8 Å². The van der Waals surface area contributed by atoms with Gasteiger partial charge in [0.25, 0.3) is 11.8 Å². The summed E-state index contributed by atoms with van der Waals surface area (Å²) in [5.41, 5.74) is 1.77. The van der Waals surface area contributed by atoms with Crippen LogP contribution in [-0.4, -0.2) is 57.5 Å². The second kappa shape index (κ2) is 8.86. The van der Waals surface area contributed by atoms with Gasteiger partial charge in [0.1, 0.15) is 0 Å². The number of amides is 3. The number of hydrogen-bond acceptors (Lipinski definition) is 5. The number of nitrogens with zero attached hydrogens (tertiary/aromatic N) is 2. The molecule has 0 aliphatic carbocycles. The normalized spacial score (nSPS) is 13.2. The highest BCUT2D eigenvalue weighted by Crippen LogP contribution is 2.34. The summed E-state index contributed by atoms with van der Waals surface area (Å²) in [5.74, 6) is 0.208. The monoisotopic (exact) mass is 411 g/mol. The number of carbonyl (C=O) groups excluding carboxylic acids is 3. The standard InChI is InChI=1S/C22H25N3O5/c1-24(2)22(28)16-12-18(29-3)19(30-4)13-17(16)23-21(27)14-7-9-15(10-8-14)25-11-5-6-20(25)26/h7-10,12-13H,5-6,11H2,1-4H3,(H,23,27). The van der Waals surface area contributed by atoms with Crippen LogP contribution < -0.4 is 19.7 Å². The molecule has 1 N–H and O–H groups in total. The minimum absolute atomic E-state index is 0.0874. The van der Waals surface area contributed by atoms with Crippen molar-refractivity contribution in [1.82, 2.24) is 4.90 Å². The molecule has 8 heteroatoms. The van der Waals surface area contributed by atoms with E-state index in [0.717, 1.165) is 12.1 Å². The van der Waals surface area contributed by atoms with E-state index in [1.165, 1.54) is 19.1 Å². The molecule has 0 spiro atoms. The van der Waals surface area contributed by atoms with Gasteiger partial charge in [0.05, 0.1) is 25.5 Å². The third kappa shape index (κ3) is 4.22. The van der Waals surface area contributed by atoms with E-state index in [1.54, 1.807) is 55.4 Å². The van der Waals surface area contributed by atoms with Crippen molar-refractivity contribution in [1.29, 1.82) is 0 Å². The van der Waals surface area contributed by atoms with Crippen molar-refractivity contribution in [3.05, 3.63) is 47.5 Å². The Morgan fingerprint density at radius 2 is 1.67 bits per heavy atom. The SMILES string of the molecule is COc1cc(NC(=O)c2ccc(N3CCCC3=O)cc2)c(C(=O)N(C)C)cc1OC. The lowest BCUT2D eigenvalue weighted by molar-refractivity contribution is -0.117. The third-order valence-electron chi connectivity index (χ3n) is 4.92. The summed E-state index contributed by atoms with van der Waals surface area (Å²) in [7, 11) is 6.22. The highest BCUT2D eigenvalue weighted by molar-refractivity contribution is 6.09. The molecule has 8 nitrogen and oxygen atoms in total. The van der Waals surface area contributed by atoms with Gasteiger partial charge in [0.15, 0.2) is 11.5 Å². The minimum Gasteiger partial charge on any atom is -0.493 e. The van der Waals surface area contributed by atoms with Gasteiger partial charge in [-0.1, -0.05) is 0 Å². The fourth-order valence-corrected chi connectivity index (χ4v) is 3.31. The number of anilines is 2. The number of carbonyl (C=O) groups is 3. The maximum absolute atomic E-state index is 12.8. The first-order chi connectivity index (χ1) is 14.3. The summed E-state index contributed by atoms with van der Waals surface area (Å²) in [4.78, 5) is 40.5. The van der Waals surface area contributed by atoms with Crippen molar-refractivity contribution in [2.45, 2.75) is 12.8 Å². The lowest BCUT2D eigenvalue weighted by Crippen LogP contribution is -2.24. The first-order valence-corrected chi connectivity index (χ1v) is 9.55. The zero-order chi connectivity index (χ0) is 21.8. The predicted octanol–water partition coefficient (Wildman–Crippen LogP) is 2.78. The largest absolute Gasteiger partial charge is 0.493 e. The Hall–Kier alpha value is -3.55. The van der Waals surface area contributed by atoms with Crippen molar-refractivity contribution in [2.24, 2.45) is 0 Å². The molecule has 3 rings (SSSR count). The molecular formula is C22H25N3O5. The predicted molar refractivity (Wildman–Crippen MR) is 114 cm³/mol. The molecule has 1 saturated heterocycles. The molecule has 1 fully saturated rings. The second-order valence-corrected chi connectivity index (χ2v) is 7.10. The van der Waals surface area contributed by atoms with Gasteiger partial charge in [-0.15, -0.1) is 0 Å². The van der Waals surface area contributed by atoms with E-state index in [4.69, 9.17) is 9.47 Å².